The fourth-order valence-electron chi connectivity index (χ4n) is 2.94. The van der Waals surface area contributed by atoms with Crippen LogP contribution < -0.4 is 10.6 Å². The molecule has 0 aliphatic heterocycles. The van der Waals surface area contributed by atoms with Gasteiger partial charge in [-0.2, -0.15) is 0 Å². The van der Waals surface area contributed by atoms with Gasteiger partial charge in [0.1, 0.15) is 5.82 Å². The van der Waals surface area contributed by atoms with Crippen LogP contribution in [0.4, 0.5) is 10.1 Å². The molecule has 0 fully saturated rings. The quantitative estimate of drug-likeness (QED) is 0.596. The first kappa shape index (κ1) is 18.6. The number of anilines is 1. The Bertz CT molecular complexity index is 838. The second-order valence-electron chi connectivity index (χ2n) is 6.24. The molecule has 0 aliphatic carbocycles. The Hall–Kier alpha value is -3.21. The van der Waals surface area contributed by atoms with Gasteiger partial charge in [-0.15, -0.1) is 0 Å². The van der Waals surface area contributed by atoms with Crippen molar-refractivity contribution < 1.29 is 9.18 Å². The number of hydrogen-bond acceptors (Lipinski definition) is 3. The molecule has 4 nitrogen and oxygen atoms in total. The van der Waals surface area contributed by atoms with Gasteiger partial charge in [-0.25, -0.2) is 4.39 Å². The lowest BCUT2D eigenvalue weighted by Crippen LogP contribution is -2.30. The zero-order valence-corrected chi connectivity index (χ0v) is 14.9. The van der Waals surface area contributed by atoms with Crippen LogP contribution in [0.15, 0.2) is 79.1 Å². The Morgan fingerprint density at radius 3 is 2.37 bits per heavy atom. The molecule has 138 valence electrons. The van der Waals surface area contributed by atoms with Gasteiger partial charge in [0.05, 0.1) is 5.69 Å². The van der Waals surface area contributed by atoms with Crippen LogP contribution in [0.3, 0.4) is 0 Å². The standard InChI is InChI=1S/C22H22FN3O/c23-19-10-8-18(9-11-19)21(17-5-2-1-3-6-17)15-22(27)26-14-13-25-20-7-4-12-24-16-20/h1-12,16,21,25H,13-15H2,(H,26,27)/t21-/m1/s1. The second kappa shape index (κ2) is 9.48. The number of carbonyl (C=O) groups is 1. The number of nitrogens with one attached hydrogen (secondary N) is 2. The van der Waals surface area contributed by atoms with Crippen molar-refractivity contribution in [1.82, 2.24) is 10.3 Å². The van der Waals surface area contributed by atoms with Gasteiger partial charge in [-0.3, -0.25) is 9.78 Å². The van der Waals surface area contributed by atoms with Crippen LogP contribution in [-0.4, -0.2) is 24.0 Å². The molecule has 3 aromatic rings. The highest BCUT2D eigenvalue weighted by Gasteiger charge is 2.18. The lowest BCUT2D eigenvalue weighted by atomic mass is 9.88. The summed E-state index contributed by atoms with van der Waals surface area (Å²) in [5.74, 6) is -0.435. The molecule has 0 spiro atoms. The van der Waals surface area contributed by atoms with Crippen LogP contribution in [0.25, 0.3) is 0 Å². The smallest absolute Gasteiger partial charge is 0.221 e. The number of aromatic nitrogens is 1. The van der Waals surface area contributed by atoms with Gasteiger partial charge in [-0.05, 0) is 35.4 Å². The van der Waals surface area contributed by atoms with Crippen molar-refractivity contribution in [1.29, 1.82) is 0 Å². The molecule has 27 heavy (non-hydrogen) atoms. The number of benzene rings is 2. The van der Waals surface area contributed by atoms with Crippen LogP contribution in [0.2, 0.25) is 0 Å². The first-order valence-corrected chi connectivity index (χ1v) is 8.93. The van der Waals surface area contributed by atoms with Gasteiger partial charge in [0.25, 0.3) is 0 Å². The van der Waals surface area contributed by atoms with E-state index in [0.717, 1.165) is 16.8 Å². The average Bonchev–Trinajstić information content (AvgIpc) is 2.72. The number of amides is 1. The van der Waals surface area contributed by atoms with Gasteiger partial charge >= 0.3 is 0 Å². The molecule has 3 rings (SSSR count). The van der Waals surface area contributed by atoms with Gasteiger partial charge in [-0.1, -0.05) is 42.5 Å². The van der Waals surface area contributed by atoms with E-state index in [2.05, 4.69) is 15.6 Å². The molecule has 0 saturated heterocycles. The number of nitrogens with zero attached hydrogens (tertiary/aromatic N) is 1. The molecule has 2 N–H and O–H groups in total. The highest BCUT2D eigenvalue weighted by atomic mass is 19.1. The van der Waals surface area contributed by atoms with E-state index in [4.69, 9.17) is 0 Å². The summed E-state index contributed by atoms with van der Waals surface area (Å²) in [5.41, 5.74) is 2.87. The van der Waals surface area contributed by atoms with Crippen molar-refractivity contribution >= 4 is 11.6 Å². The van der Waals surface area contributed by atoms with E-state index in [9.17, 15) is 9.18 Å². The zero-order valence-electron chi connectivity index (χ0n) is 14.9. The van der Waals surface area contributed by atoms with Crippen LogP contribution in [0.5, 0.6) is 0 Å². The molecule has 0 aliphatic rings. The first-order valence-electron chi connectivity index (χ1n) is 8.93. The van der Waals surface area contributed by atoms with E-state index in [1.54, 1.807) is 24.5 Å². The second-order valence-corrected chi connectivity index (χ2v) is 6.24. The molecular formula is C22H22FN3O. The Kier molecular flexibility index (Phi) is 6.52. The third kappa shape index (κ3) is 5.64. The summed E-state index contributed by atoms with van der Waals surface area (Å²) < 4.78 is 13.3. The van der Waals surface area contributed by atoms with E-state index >= 15 is 0 Å². The van der Waals surface area contributed by atoms with Crippen molar-refractivity contribution in [2.75, 3.05) is 18.4 Å². The Morgan fingerprint density at radius 2 is 1.67 bits per heavy atom. The molecular weight excluding hydrogens is 341 g/mol. The lowest BCUT2D eigenvalue weighted by molar-refractivity contribution is -0.121. The van der Waals surface area contributed by atoms with Crippen molar-refractivity contribution in [2.45, 2.75) is 12.3 Å². The Morgan fingerprint density at radius 1 is 0.926 bits per heavy atom. The Labute approximate surface area is 158 Å². The normalized spacial score (nSPS) is 11.6. The minimum absolute atomic E-state index is 0.0406. The maximum atomic E-state index is 13.3. The molecule has 0 radical (unpaired) electrons. The molecule has 2 aromatic carbocycles. The minimum atomic E-state index is -0.281. The van der Waals surface area contributed by atoms with E-state index in [-0.39, 0.29) is 17.6 Å². The maximum absolute atomic E-state index is 13.3. The summed E-state index contributed by atoms with van der Waals surface area (Å²) in [5, 5.41) is 6.14. The van der Waals surface area contributed by atoms with Crippen LogP contribution >= 0.6 is 0 Å². The van der Waals surface area contributed by atoms with Gasteiger partial charge in [0.2, 0.25) is 5.91 Å². The number of carbonyl (C=O) groups excluding carboxylic acids is 1. The highest BCUT2D eigenvalue weighted by molar-refractivity contribution is 5.77. The van der Waals surface area contributed by atoms with Gasteiger partial charge in [0.15, 0.2) is 0 Å². The largest absolute Gasteiger partial charge is 0.382 e. The number of rotatable bonds is 8. The summed E-state index contributed by atoms with van der Waals surface area (Å²) in [6, 6.07) is 19.9. The summed E-state index contributed by atoms with van der Waals surface area (Å²) in [6.45, 7) is 1.13. The van der Waals surface area contributed by atoms with Crippen LogP contribution in [0.1, 0.15) is 23.5 Å². The molecule has 5 heteroatoms. The number of hydrogen-bond donors (Lipinski definition) is 2. The molecule has 0 bridgehead atoms. The monoisotopic (exact) mass is 363 g/mol. The van der Waals surface area contributed by atoms with E-state index in [1.165, 1.54) is 12.1 Å². The minimum Gasteiger partial charge on any atom is -0.382 e. The van der Waals surface area contributed by atoms with Crippen molar-refractivity contribution in [3.05, 3.63) is 96.1 Å². The average molecular weight is 363 g/mol. The predicted octanol–water partition coefficient (Wildman–Crippen LogP) is 3.97. The summed E-state index contributed by atoms with van der Waals surface area (Å²) in [6.07, 6.45) is 3.76. The molecule has 1 amide bonds. The maximum Gasteiger partial charge on any atom is 0.221 e. The summed E-state index contributed by atoms with van der Waals surface area (Å²) in [4.78, 5) is 16.5. The van der Waals surface area contributed by atoms with Crippen LogP contribution in [-0.2, 0) is 4.79 Å². The zero-order chi connectivity index (χ0) is 18.9. The molecule has 1 aromatic heterocycles. The fourth-order valence-corrected chi connectivity index (χ4v) is 2.94. The molecule has 1 atom stereocenters. The fraction of sp³-hybridized carbons (Fsp3) is 0.182. The van der Waals surface area contributed by atoms with Crippen molar-refractivity contribution in [3.8, 4) is 0 Å². The summed E-state index contributed by atoms with van der Waals surface area (Å²) in [7, 11) is 0. The van der Waals surface area contributed by atoms with E-state index in [1.807, 2.05) is 42.5 Å². The third-order valence-corrected chi connectivity index (χ3v) is 4.30. The topological polar surface area (TPSA) is 54.0 Å². The molecule has 0 saturated carbocycles. The van der Waals surface area contributed by atoms with Crippen molar-refractivity contribution in [2.24, 2.45) is 0 Å². The van der Waals surface area contributed by atoms with E-state index in [0.29, 0.717) is 19.5 Å². The lowest BCUT2D eigenvalue weighted by Gasteiger charge is -2.18. The Balaban J connectivity index is 1.58. The summed E-state index contributed by atoms with van der Waals surface area (Å²) >= 11 is 0. The SMILES string of the molecule is O=C(C[C@H](c1ccccc1)c1ccc(F)cc1)NCCNc1cccnc1. The molecule has 1 heterocycles. The first-order chi connectivity index (χ1) is 13.2. The highest BCUT2D eigenvalue weighted by Crippen LogP contribution is 2.28. The third-order valence-electron chi connectivity index (χ3n) is 4.30. The van der Waals surface area contributed by atoms with Crippen LogP contribution in [0, 0.1) is 5.82 Å². The predicted molar refractivity (Wildman–Crippen MR) is 105 cm³/mol. The van der Waals surface area contributed by atoms with E-state index < -0.39 is 0 Å². The van der Waals surface area contributed by atoms with Gasteiger partial charge < -0.3 is 10.6 Å². The van der Waals surface area contributed by atoms with Gasteiger partial charge in [0, 0.05) is 37.8 Å². The number of halogens is 1. The van der Waals surface area contributed by atoms with Crippen molar-refractivity contribution in [3.63, 3.8) is 0 Å². The molecule has 0 unspecified atom stereocenters. The number of pyridine rings is 1.